The monoisotopic (exact) mass is 618 g/mol. The summed E-state index contributed by atoms with van der Waals surface area (Å²) in [5.74, 6) is -64.6. The Bertz CT molecular complexity index is 801. The minimum absolute atomic E-state index is 1.46. The van der Waals surface area contributed by atoms with E-state index in [2.05, 4.69) is 0 Å². The normalized spacial score (nSPS) is 16.9. The molecule has 0 aromatic rings. The maximum absolute atomic E-state index is 13.8. The third-order valence-corrected chi connectivity index (χ3v) is 4.12. The van der Waals surface area contributed by atoms with E-state index in [0.29, 0.717) is 0 Å². The first kappa shape index (κ1) is 35.3. The number of hydrogen-bond donors (Lipinski definition) is 1. The maximum Gasteiger partial charge on any atom is 0.460 e. The lowest BCUT2D eigenvalue weighted by Crippen LogP contribution is -2.80. The van der Waals surface area contributed by atoms with E-state index >= 15 is 0 Å². The van der Waals surface area contributed by atoms with E-state index in [0.717, 1.165) is 0 Å². The van der Waals surface area contributed by atoms with Crippen molar-refractivity contribution >= 4 is 0 Å². The molecule has 0 aromatic carbocycles. The van der Waals surface area contributed by atoms with Crippen LogP contribution >= 0.6 is 0 Å². The van der Waals surface area contributed by atoms with Crippen LogP contribution in [0.25, 0.3) is 0 Å². The zero-order valence-electron chi connectivity index (χ0n) is 15.5. The summed E-state index contributed by atoms with van der Waals surface area (Å²) in [7, 11) is 0. The van der Waals surface area contributed by atoms with E-state index in [-0.39, 0.29) is 0 Å². The molecule has 0 atom stereocenters. The lowest BCUT2D eigenvalue weighted by atomic mass is 9.82. The summed E-state index contributed by atoms with van der Waals surface area (Å²) >= 11 is 0. The van der Waals surface area contributed by atoms with Gasteiger partial charge in [0.05, 0.1) is 0 Å². The van der Waals surface area contributed by atoms with Gasteiger partial charge in [0.25, 0.3) is 0 Å². The fourth-order valence-electron chi connectivity index (χ4n) is 2.10. The van der Waals surface area contributed by atoms with Crippen molar-refractivity contribution in [1.82, 2.24) is 0 Å². The molecule has 0 heterocycles. The standard InChI is InChI=1S/C11HF23O3/c12-2(13,1(36-37-35,9(26,27)28)10(29,30)31)3(14,15)4(16,17)5(18,19)6(20,21)7(22,23)8(24,25)11(32,33)34/h35H. The molecular weight excluding hydrogens is 617 g/mol. The topological polar surface area (TPSA) is 38.7 Å². The number of rotatable bonds is 9. The first-order chi connectivity index (χ1) is 15.6. The van der Waals surface area contributed by atoms with Crippen LogP contribution in [0.1, 0.15) is 0 Å². The third kappa shape index (κ3) is 4.19. The Labute approximate surface area is 183 Å². The first-order valence-electron chi connectivity index (χ1n) is 7.40. The fourth-order valence-corrected chi connectivity index (χ4v) is 2.10. The van der Waals surface area contributed by atoms with Crippen LogP contribution in [0.15, 0.2) is 0 Å². The van der Waals surface area contributed by atoms with Crippen LogP contribution in [-0.2, 0) is 9.93 Å². The molecule has 0 spiro atoms. The minimum atomic E-state index is -9.52. The van der Waals surface area contributed by atoms with Crippen molar-refractivity contribution in [2.45, 2.75) is 65.6 Å². The second-order valence-electron chi connectivity index (χ2n) is 6.35. The first-order valence-corrected chi connectivity index (χ1v) is 7.40. The highest BCUT2D eigenvalue weighted by atomic mass is 19.4. The Hall–Kier alpha value is -1.73. The van der Waals surface area contributed by atoms with E-state index in [1.165, 1.54) is 9.93 Å². The second-order valence-corrected chi connectivity index (χ2v) is 6.35. The van der Waals surface area contributed by atoms with Gasteiger partial charge < -0.3 is 0 Å². The molecule has 0 radical (unpaired) electrons. The number of alkyl halides is 23. The van der Waals surface area contributed by atoms with Crippen molar-refractivity contribution in [1.29, 1.82) is 0 Å². The van der Waals surface area contributed by atoms with Crippen molar-refractivity contribution in [2.75, 3.05) is 0 Å². The zero-order chi connectivity index (χ0) is 30.9. The maximum atomic E-state index is 13.8. The quantitative estimate of drug-likeness (QED) is 0.168. The summed E-state index contributed by atoms with van der Waals surface area (Å²) in [6.07, 6.45) is -24.9. The predicted octanol–water partition coefficient (Wildman–Crippen LogP) is 7.28. The van der Waals surface area contributed by atoms with Gasteiger partial charge in [-0.3, -0.25) is 0 Å². The van der Waals surface area contributed by atoms with Crippen molar-refractivity contribution in [3.63, 3.8) is 0 Å². The molecule has 0 saturated heterocycles. The highest BCUT2D eigenvalue weighted by Gasteiger charge is 3.00. The van der Waals surface area contributed by atoms with Crippen LogP contribution in [0.4, 0.5) is 101 Å². The summed E-state index contributed by atoms with van der Waals surface area (Å²) in [5.41, 5.74) is -8.47. The molecule has 37 heavy (non-hydrogen) atoms. The molecule has 0 aliphatic heterocycles. The highest BCUT2D eigenvalue weighted by molar-refractivity contribution is 5.20. The third-order valence-electron chi connectivity index (χ3n) is 4.12. The average Bonchev–Trinajstić information content (AvgIpc) is 2.61. The molecule has 0 aliphatic carbocycles. The molecule has 3 nitrogen and oxygen atoms in total. The van der Waals surface area contributed by atoms with Gasteiger partial charge in [-0.25, -0.2) is 5.26 Å². The molecule has 0 aliphatic rings. The van der Waals surface area contributed by atoms with Crippen LogP contribution in [0, 0.1) is 0 Å². The number of hydrogen-bond acceptors (Lipinski definition) is 3. The molecule has 0 aromatic heterocycles. The fraction of sp³-hybridized carbons (Fsp3) is 1.00. The van der Waals surface area contributed by atoms with Crippen molar-refractivity contribution < 1.29 is 116 Å². The second kappa shape index (κ2) is 8.64. The van der Waals surface area contributed by atoms with Gasteiger partial charge in [-0.1, -0.05) is 5.04 Å². The van der Waals surface area contributed by atoms with Crippen LogP contribution < -0.4 is 0 Å². The van der Waals surface area contributed by atoms with Crippen LogP contribution in [0.5, 0.6) is 0 Å². The summed E-state index contributed by atoms with van der Waals surface area (Å²) in [5, 5.41) is 8.94. The zero-order valence-corrected chi connectivity index (χ0v) is 15.5. The molecule has 0 bridgehead atoms. The van der Waals surface area contributed by atoms with Crippen molar-refractivity contribution in [3.05, 3.63) is 0 Å². The van der Waals surface area contributed by atoms with Gasteiger partial charge in [0.1, 0.15) is 0 Å². The molecule has 1 N–H and O–H groups in total. The summed E-state index contributed by atoms with van der Waals surface area (Å²) in [6.45, 7) is 0. The van der Waals surface area contributed by atoms with Gasteiger partial charge >= 0.3 is 65.6 Å². The van der Waals surface area contributed by atoms with Crippen LogP contribution in [0.2, 0.25) is 0 Å². The summed E-state index contributed by atoms with van der Waals surface area (Å²) in [4.78, 5) is 1.46. The molecule has 0 rings (SSSR count). The molecule has 0 unspecified atom stereocenters. The summed E-state index contributed by atoms with van der Waals surface area (Å²) < 4.78 is 298. The summed E-state index contributed by atoms with van der Waals surface area (Å²) in [6, 6.07) is 0. The molecule has 224 valence electrons. The van der Waals surface area contributed by atoms with Gasteiger partial charge in [-0.2, -0.15) is 106 Å². The van der Waals surface area contributed by atoms with Crippen molar-refractivity contribution in [3.8, 4) is 0 Å². The number of halogens is 23. The Kier molecular flexibility index (Phi) is 8.23. The smallest absolute Gasteiger partial charge is 0.221 e. The van der Waals surface area contributed by atoms with E-state index in [4.69, 9.17) is 5.26 Å². The Balaban J connectivity index is 7.53. The van der Waals surface area contributed by atoms with Gasteiger partial charge in [-0.05, 0) is 0 Å². The molecular formula is C11HF23O3. The van der Waals surface area contributed by atoms with E-state index in [9.17, 15) is 101 Å². The van der Waals surface area contributed by atoms with Gasteiger partial charge in [0.15, 0.2) is 0 Å². The van der Waals surface area contributed by atoms with Gasteiger partial charge in [-0.15, -0.1) is 0 Å². The van der Waals surface area contributed by atoms with Gasteiger partial charge in [0, 0.05) is 0 Å². The van der Waals surface area contributed by atoms with E-state index < -0.39 is 65.6 Å². The van der Waals surface area contributed by atoms with E-state index in [1.54, 1.807) is 0 Å². The molecule has 0 amide bonds. The lowest BCUT2D eigenvalue weighted by molar-refractivity contribution is -0.610. The Morgan fingerprint density at radius 2 is 0.514 bits per heavy atom. The predicted molar refractivity (Wildman–Crippen MR) is 60.3 cm³/mol. The molecule has 0 saturated carbocycles. The average molecular weight is 618 g/mol. The van der Waals surface area contributed by atoms with Crippen LogP contribution in [-0.4, -0.2) is 70.8 Å². The van der Waals surface area contributed by atoms with Crippen LogP contribution in [0.3, 0.4) is 0 Å². The van der Waals surface area contributed by atoms with Crippen molar-refractivity contribution in [2.24, 2.45) is 0 Å². The van der Waals surface area contributed by atoms with Gasteiger partial charge in [0.2, 0.25) is 0 Å². The Morgan fingerprint density at radius 1 is 0.297 bits per heavy atom. The highest BCUT2D eigenvalue weighted by Crippen LogP contribution is 2.67. The molecule has 26 heteroatoms. The minimum Gasteiger partial charge on any atom is -0.221 e. The SMILES string of the molecule is OOOC(C(F)(F)F)(C(F)(F)F)C(F)(F)C(F)(F)C(F)(F)C(F)(F)C(F)(F)C(F)(F)C(F)(F)C(F)(F)F. The Morgan fingerprint density at radius 3 is 0.703 bits per heavy atom. The molecule has 0 fully saturated rings. The lowest BCUT2D eigenvalue weighted by Gasteiger charge is -2.46. The largest absolute Gasteiger partial charge is 0.460 e. The van der Waals surface area contributed by atoms with E-state index in [1.807, 2.05) is 0 Å².